The van der Waals surface area contributed by atoms with E-state index >= 15 is 0 Å². The Balaban J connectivity index is 1.55. The van der Waals surface area contributed by atoms with Gasteiger partial charge in [0, 0.05) is 31.7 Å². The zero-order valence-corrected chi connectivity index (χ0v) is 16.5. The fourth-order valence-corrected chi connectivity index (χ4v) is 5.16. The van der Waals surface area contributed by atoms with Crippen LogP contribution in [0.1, 0.15) is 63.2 Å². The van der Waals surface area contributed by atoms with Crippen molar-refractivity contribution in [1.29, 1.82) is 0 Å². The lowest BCUT2D eigenvalue weighted by molar-refractivity contribution is 0.358. The fraction of sp³-hybridized carbons (Fsp3) is 0.611. The molecule has 0 spiro atoms. The minimum Gasteiger partial charge on any atom is -0.346 e. The largest absolute Gasteiger partial charge is 0.346 e. The predicted molar refractivity (Wildman–Crippen MR) is 99.9 cm³/mol. The summed E-state index contributed by atoms with van der Waals surface area (Å²) in [6, 6.07) is 3.45. The van der Waals surface area contributed by atoms with Crippen LogP contribution in [0, 0.1) is 0 Å². The van der Waals surface area contributed by atoms with Gasteiger partial charge in [-0.3, -0.25) is 0 Å². The predicted octanol–water partition coefficient (Wildman–Crippen LogP) is 2.71. The Bertz CT molecular complexity index is 888. The molecule has 1 unspecified atom stereocenters. The second-order valence-electron chi connectivity index (χ2n) is 7.46. The third-order valence-corrected chi connectivity index (χ3v) is 7.10. The molecule has 4 rings (SSSR count). The summed E-state index contributed by atoms with van der Waals surface area (Å²) in [5, 5.41) is 4.15. The molecule has 2 aliphatic heterocycles. The third-order valence-electron chi connectivity index (χ3n) is 5.22. The summed E-state index contributed by atoms with van der Waals surface area (Å²) in [7, 11) is -3.44. The topological polar surface area (TPSA) is 92.4 Å². The Morgan fingerprint density at radius 2 is 1.93 bits per heavy atom. The van der Waals surface area contributed by atoms with Gasteiger partial charge in [0.2, 0.25) is 15.9 Å². The van der Waals surface area contributed by atoms with Gasteiger partial charge in [0.25, 0.3) is 0 Å². The van der Waals surface area contributed by atoms with Crippen LogP contribution in [-0.2, 0) is 10.0 Å². The van der Waals surface area contributed by atoms with Crippen molar-refractivity contribution in [3.8, 4) is 0 Å². The molecule has 146 valence electrons. The van der Waals surface area contributed by atoms with Crippen molar-refractivity contribution in [1.82, 2.24) is 19.4 Å². The number of hydrogen-bond donors (Lipinski definition) is 0. The van der Waals surface area contributed by atoms with Gasteiger partial charge in [0.1, 0.15) is 10.7 Å². The number of anilines is 1. The first-order chi connectivity index (χ1) is 13.0. The maximum atomic E-state index is 12.7. The van der Waals surface area contributed by atoms with Gasteiger partial charge in [-0.1, -0.05) is 19.0 Å². The molecular weight excluding hydrogens is 366 g/mol. The molecule has 0 saturated carbocycles. The molecule has 2 aromatic rings. The number of nitrogens with zero attached hydrogens (tertiary/aromatic N) is 5. The minimum absolute atomic E-state index is 0.00906. The van der Waals surface area contributed by atoms with Crippen molar-refractivity contribution in [3.63, 3.8) is 0 Å². The highest BCUT2D eigenvalue weighted by Gasteiger charge is 2.32. The van der Waals surface area contributed by atoms with Crippen molar-refractivity contribution < 1.29 is 12.9 Å². The molecule has 2 aliphatic rings. The van der Waals surface area contributed by atoms with Crippen molar-refractivity contribution in [2.24, 2.45) is 0 Å². The van der Waals surface area contributed by atoms with E-state index in [0.29, 0.717) is 24.8 Å². The normalized spacial score (nSPS) is 21.4. The summed E-state index contributed by atoms with van der Waals surface area (Å²) in [4.78, 5) is 11.4. The molecule has 0 aliphatic carbocycles. The highest BCUT2D eigenvalue weighted by atomic mass is 32.2. The number of pyridine rings is 1. The maximum absolute atomic E-state index is 12.7. The Morgan fingerprint density at radius 1 is 1.15 bits per heavy atom. The zero-order valence-electron chi connectivity index (χ0n) is 15.7. The lowest BCUT2D eigenvalue weighted by atomic mass is 10.2. The molecule has 9 heteroatoms. The van der Waals surface area contributed by atoms with Crippen LogP contribution in [0.2, 0.25) is 0 Å². The number of aromatic nitrogens is 3. The second-order valence-corrected chi connectivity index (χ2v) is 9.40. The molecular formula is C18H25N5O3S. The van der Waals surface area contributed by atoms with Gasteiger partial charge in [-0.25, -0.2) is 13.4 Å². The Morgan fingerprint density at radius 3 is 2.56 bits per heavy atom. The quantitative estimate of drug-likeness (QED) is 0.774. The van der Waals surface area contributed by atoms with Gasteiger partial charge in [0.15, 0.2) is 5.82 Å². The highest BCUT2D eigenvalue weighted by molar-refractivity contribution is 7.89. The summed E-state index contributed by atoms with van der Waals surface area (Å²) >= 11 is 0. The molecule has 2 aromatic heterocycles. The molecule has 0 aromatic carbocycles. The third kappa shape index (κ3) is 3.45. The first-order valence-electron chi connectivity index (χ1n) is 9.53. The molecule has 1 atom stereocenters. The number of hydrogen-bond acceptors (Lipinski definition) is 7. The lowest BCUT2D eigenvalue weighted by Gasteiger charge is -2.23. The van der Waals surface area contributed by atoms with Gasteiger partial charge >= 0.3 is 0 Å². The molecule has 0 radical (unpaired) electrons. The highest BCUT2D eigenvalue weighted by Crippen LogP contribution is 2.34. The van der Waals surface area contributed by atoms with Gasteiger partial charge < -0.3 is 9.42 Å². The lowest BCUT2D eigenvalue weighted by Crippen LogP contribution is -2.28. The molecule has 0 amide bonds. The van der Waals surface area contributed by atoms with Gasteiger partial charge in [0.05, 0.1) is 6.04 Å². The second kappa shape index (κ2) is 7.20. The van der Waals surface area contributed by atoms with Crippen LogP contribution in [0.15, 0.2) is 27.7 Å². The summed E-state index contributed by atoms with van der Waals surface area (Å²) in [5.41, 5.74) is 0. The summed E-state index contributed by atoms with van der Waals surface area (Å²) < 4.78 is 32.2. The van der Waals surface area contributed by atoms with Crippen LogP contribution in [0.3, 0.4) is 0 Å². The molecule has 2 saturated heterocycles. The fourth-order valence-electron chi connectivity index (χ4n) is 3.70. The molecule has 4 heterocycles. The van der Waals surface area contributed by atoms with Crippen LogP contribution in [0.4, 0.5) is 5.82 Å². The molecule has 27 heavy (non-hydrogen) atoms. The van der Waals surface area contributed by atoms with Gasteiger partial charge in [-0.2, -0.15) is 9.29 Å². The molecule has 8 nitrogen and oxygen atoms in total. The van der Waals surface area contributed by atoms with E-state index in [9.17, 15) is 8.42 Å². The summed E-state index contributed by atoms with van der Waals surface area (Å²) in [6.07, 6.45) is 5.24. The Hall–Kier alpha value is -2.00. The van der Waals surface area contributed by atoms with Crippen LogP contribution in [0.5, 0.6) is 0 Å². The van der Waals surface area contributed by atoms with Crippen LogP contribution >= 0.6 is 0 Å². The van der Waals surface area contributed by atoms with Crippen LogP contribution < -0.4 is 4.90 Å². The van der Waals surface area contributed by atoms with E-state index in [-0.39, 0.29) is 16.9 Å². The molecule has 0 bridgehead atoms. The standard InChI is InChI=1S/C18H25N5O3S/c1-13(2)18-20-17(21-26-18)15-6-5-11-23(15)16-8-7-14(12-19-16)27(24,25)22-9-3-4-10-22/h7-8,12-13,15H,3-6,9-11H2,1-2H3. The van der Waals surface area contributed by atoms with Crippen molar-refractivity contribution >= 4 is 15.8 Å². The van der Waals surface area contributed by atoms with E-state index in [4.69, 9.17) is 4.52 Å². The number of sulfonamides is 1. The number of rotatable bonds is 5. The monoisotopic (exact) mass is 391 g/mol. The van der Waals surface area contributed by atoms with E-state index in [2.05, 4.69) is 20.0 Å². The van der Waals surface area contributed by atoms with Crippen molar-refractivity contribution in [2.75, 3.05) is 24.5 Å². The summed E-state index contributed by atoms with van der Waals surface area (Å²) in [6.45, 7) is 6.06. The van der Waals surface area contributed by atoms with E-state index < -0.39 is 10.0 Å². The average Bonchev–Trinajstić information content (AvgIpc) is 3.42. The van der Waals surface area contributed by atoms with E-state index in [1.807, 2.05) is 13.8 Å². The van der Waals surface area contributed by atoms with E-state index in [0.717, 1.165) is 38.0 Å². The molecule has 0 N–H and O–H groups in total. The summed E-state index contributed by atoms with van der Waals surface area (Å²) in [5.74, 6) is 2.24. The first-order valence-corrected chi connectivity index (χ1v) is 11.0. The van der Waals surface area contributed by atoms with Crippen molar-refractivity contribution in [3.05, 3.63) is 30.0 Å². The smallest absolute Gasteiger partial charge is 0.244 e. The van der Waals surface area contributed by atoms with Gasteiger partial charge in [-0.15, -0.1) is 0 Å². The van der Waals surface area contributed by atoms with Crippen LogP contribution in [0.25, 0.3) is 0 Å². The SMILES string of the molecule is CC(C)c1nc(C2CCCN2c2ccc(S(=O)(=O)N3CCCC3)cn2)no1. The van der Waals surface area contributed by atoms with Crippen molar-refractivity contribution in [2.45, 2.75) is 56.4 Å². The minimum atomic E-state index is -3.44. The van der Waals surface area contributed by atoms with Crippen LogP contribution in [-0.4, -0.2) is 47.5 Å². The maximum Gasteiger partial charge on any atom is 0.244 e. The average molecular weight is 391 g/mol. The van der Waals surface area contributed by atoms with E-state index in [1.54, 1.807) is 12.1 Å². The van der Waals surface area contributed by atoms with Gasteiger partial charge in [-0.05, 0) is 37.8 Å². The first kappa shape index (κ1) is 18.4. The van der Waals surface area contributed by atoms with E-state index in [1.165, 1.54) is 10.5 Å². The Labute approximate surface area is 159 Å². The zero-order chi connectivity index (χ0) is 19.0. The Kier molecular flexibility index (Phi) is 4.90. The molecule has 2 fully saturated rings.